The number of benzene rings is 1. The highest BCUT2D eigenvalue weighted by molar-refractivity contribution is 5.89. The maximum atomic E-state index is 11.9. The topological polar surface area (TPSA) is 35.5 Å². The van der Waals surface area contributed by atoms with Crippen LogP contribution >= 0.6 is 0 Å². The van der Waals surface area contributed by atoms with E-state index in [2.05, 4.69) is 13.8 Å². The lowest BCUT2D eigenvalue weighted by Gasteiger charge is -2.14. The Morgan fingerprint density at radius 3 is 2.74 bits per heavy atom. The van der Waals surface area contributed by atoms with Gasteiger partial charge in [-0.2, -0.15) is 0 Å². The summed E-state index contributed by atoms with van der Waals surface area (Å²) in [6.07, 6.45) is 4.54. The van der Waals surface area contributed by atoms with Gasteiger partial charge < -0.3 is 9.47 Å². The summed E-state index contributed by atoms with van der Waals surface area (Å²) in [5.41, 5.74) is 0.546. The summed E-state index contributed by atoms with van der Waals surface area (Å²) in [6.45, 7) is 4.82. The van der Waals surface area contributed by atoms with Crippen LogP contribution in [0.1, 0.15) is 49.9 Å². The maximum Gasteiger partial charge on any atom is 0.338 e. The molecular weight excluding hydrogens is 240 g/mol. The van der Waals surface area contributed by atoms with E-state index in [1.165, 1.54) is 12.8 Å². The van der Waals surface area contributed by atoms with Crippen LogP contribution in [0.2, 0.25) is 0 Å². The Labute approximate surface area is 115 Å². The van der Waals surface area contributed by atoms with Crippen LogP contribution in [0.25, 0.3) is 0 Å². The number of hydrogen-bond donors (Lipinski definition) is 0. The van der Waals surface area contributed by atoms with E-state index in [0.717, 1.165) is 12.8 Å². The van der Waals surface area contributed by atoms with Crippen molar-refractivity contribution in [2.24, 2.45) is 5.92 Å². The molecule has 1 rings (SSSR count). The molecule has 0 radical (unpaired) electrons. The van der Waals surface area contributed by atoms with Crippen molar-refractivity contribution in [3.63, 3.8) is 0 Å². The highest BCUT2D eigenvalue weighted by Gasteiger charge is 2.12. The third kappa shape index (κ3) is 5.33. The number of carbonyl (C=O) groups is 1. The van der Waals surface area contributed by atoms with Crippen LogP contribution in [0.4, 0.5) is 0 Å². The Morgan fingerprint density at radius 2 is 2.11 bits per heavy atom. The van der Waals surface area contributed by atoms with Crippen molar-refractivity contribution in [2.75, 3.05) is 13.7 Å². The molecule has 0 bridgehead atoms. The number of carbonyl (C=O) groups excluding carboxylic acids is 1. The zero-order chi connectivity index (χ0) is 14.1. The predicted molar refractivity (Wildman–Crippen MR) is 76.6 cm³/mol. The van der Waals surface area contributed by atoms with Crippen molar-refractivity contribution in [3.05, 3.63) is 29.8 Å². The first-order valence-corrected chi connectivity index (χ1v) is 7.02. The molecule has 1 unspecified atom stereocenters. The fourth-order valence-electron chi connectivity index (χ4n) is 1.93. The van der Waals surface area contributed by atoms with Crippen molar-refractivity contribution < 1.29 is 14.3 Å². The molecule has 106 valence electrons. The molecule has 0 aromatic heterocycles. The largest absolute Gasteiger partial charge is 0.497 e. The number of unbranched alkanes of at least 4 members (excludes halogenated alkanes) is 1. The number of esters is 1. The second-order valence-corrected chi connectivity index (χ2v) is 4.75. The number of methoxy groups -OCH3 is 1. The van der Waals surface area contributed by atoms with Crippen LogP contribution in [-0.4, -0.2) is 19.7 Å². The summed E-state index contributed by atoms with van der Waals surface area (Å²) in [6, 6.07) is 7.06. The molecule has 0 saturated heterocycles. The minimum absolute atomic E-state index is 0.270. The summed E-state index contributed by atoms with van der Waals surface area (Å²) < 4.78 is 10.5. The second-order valence-electron chi connectivity index (χ2n) is 4.75. The zero-order valence-electron chi connectivity index (χ0n) is 12.1. The quantitative estimate of drug-likeness (QED) is 0.664. The number of ether oxygens (including phenoxy) is 2. The van der Waals surface area contributed by atoms with Gasteiger partial charge in [0.2, 0.25) is 0 Å². The molecule has 1 aromatic rings. The van der Waals surface area contributed by atoms with Crippen LogP contribution in [0.5, 0.6) is 5.75 Å². The molecule has 0 amide bonds. The minimum atomic E-state index is -0.270. The molecule has 3 nitrogen and oxygen atoms in total. The Bertz CT molecular complexity index is 387. The first kappa shape index (κ1) is 15.5. The summed E-state index contributed by atoms with van der Waals surface area (Å²) in [7, 11) is 1.59. The van der Waals surface area contributed by atoms with Crippen molar-refractivity contribution in [3.8, 4) is 5.75 Å². The predicted octanol–water partition coefficient (Wildman–Crippen LogP) is 4.07. The molecule has 0 fully saturated rings. The Hall–Kier alpha value is -1.51. The fraction of sp³-hybridized carbons (Fsp3) is 0.562. The fourth-order valence-corrected chi connectivity index (χ4v) is 1.93. The Kier molecular flexibility index (Phi) is 7.01. The van der Waals surface area contributed by atoms with Gasteiger partial charge in [-0.15, -0.1) is 0 Å². The summed E-state index contributed by atoms with van der Waals surface area (Å²) >= 11 is 0. The van der Waals surface area contributed by atoms with Gasteiger partial charge in [0.1, 0.15) is 5.75 Å². The highest BCUT2D eigenvalue weighted by Crippen LogP contribution is 2.16. The van der Waals surface area contributed by atoms with E-state index >= 15 is 0 Å². The van der Waals surface area contributed by atoms with Crippen LogP contribution in [-0.2, 0) is 4.74 Å². The molecule has 0 heterocycles. The van der Waals surface area contributed by atoms with E-state index in [1.54, 1.807) is 25.3 Å². The summed E-state index contributed by atoms with van der Waals surface area (Å²) in [4.78, 5) is 11.9. The molecule has 0 saturated carbocycles. The molecule has 0 N–H and O–H groups in total. The molecule has 19 heavy (non-hydrogen) atoms. The third-order valence-electron chi connectivity index (χ3n) is 3.30. The van der Waals surface area contributed by atoms with Gasteiger partial charge in [0, 0.05) is 0 Å². The Morgan fingerprint density at radius 1 is 1.32 bits per heavy atom. The van der Waals surface area contributed by atoms with Gasteiger partial charge in [-0.3, -0.25) is 0 Å². The molecule has 0 spiro atoms. The van der Waals surface area contributed by atoms with E-state index < -0.39 is 0 Å². The van der Waals surface area contributed by atoms with Crippen LogP contribution in [0.15, 0.2) is 24.3 Å². The molecule has 0 aliphatic heterocycles. The minimum Gasteiger partial charge on any atom is -0.497 e. The van der Waals surface area contributed by atoms with E-state index in [-0.39, 0.29) is 5.97 Å². The van der Waals surface area contributed by atoms with Gasteiger partial charge in [-0.1, -0.05) is 39.2 Å². The second kappa shape index (κ2) is 8.57. The van der Waals surface area contributed by atoms with Gasteiger partial charge in [0.15, 0.2) is 0 Å². The van der Waals surface area contributed by atoms with Crippen LogP contribution < -0.4 is 4.74 Å². The van der Waals surface area contributed by atoms with Gasteiger partial charge in [-0.25, -0.2) is 4.79 Å². The molecule has 1 atom stereocenters. The van der Waals surface area contributed by atoms with E-state index in [4.69, 9.17) is 9.47 Å². The first-order chi connectivity index (χ1) is 9.21. The van der Waals surface area contributed by atoms with Crippen LogP contribution in [0, 0.1) is 5.92 Å². The highest BCUT2D eigenvalue weighted by atomic mass is 16.5. The van der Waals surface area contributed by atoms with Crippen LogP contribution in [0.3, 0.4) is 0 Å². The standard InChI is InChI=1S/C16H24O3/c1-4-6-8-13(5-2)12-19-16(17)14-9-7-10-15(11-14)18-3/h7,9-11,13H,4-6,8,12H2,1-3H3. The SMILES string of the molecule is CCCCC(CC)COC(=O)c1cccc(OC)c1. The van der Waals surface area contributed by atoms with Gasteiger partial charge in [0.25, 0.3) is 0 Å². The first-order valence-electron chi connectivity index (χ1n) is 7.02. The summed E-state index contributed by atoms with van der Waals surface area (Å²) in [5.74, 6) is 0.871. The molecule has 3 heteroatoms. The smallest absolute Gasteiger partial charge is 0.338 e. The monoisotopic (exact) mass is 264 g/mol. The van der Waals surface area contributed by atoms with Crippen molar-refractivity contribution >= 4 is 5.97 Å². The molecule has 1 aromatic carbocycles. The van der Waals surface area contributed by atoms with Gasteiger partial charge in [-0.05, 0) is 30.5 Å². The average molecular weight is 264 g/mol. The van der Waals surface area contributed by atoms with E-state index in [1.807, 2.05) is 6.07 Å². The number of hydrogen-bond acceptors (Lipinski definition) is 3. The lowest BCUT2D eigenvalue weighted by Crippen LogP contribution is -2.14. The molecule has 0 aliphatic rings. The summed E-state index contributed by atoms with van der Waals surface area (Å²) in [5, 5.41) is 0. The maximum absolute atomic E-state index is 11.9. The lowest BCUT2D eigenvalue weighted by molar-refractivity contribution is 0.0428. The van der Waals surface area contributed by atoms with Crippen molar-refractivity contribution in [2.45, 2.75) is 39.5 Å². The Balaban J connectivity index is 2.49. The van der Waals surface area contributed by atoms with Crippen molar-refractivity contribution in [1.82, 2.24) is 0 Å². The molecular formula is C16H24O3. The normalized spacial score (nSPS) is 11.9. The molecule has 0 aliphatic carbocycles. The third-order valence-corrected chi connectivity index (χ3v) is 3.30. The lowest BCUT2D eigenvalue weighted by atomic mass is 10.0. The number of rotatable bonds is 8. The zero-order valence-corrected chi connectivity index (χ0v) is 12.1. The van der Waals surface area contributed by atoms with E-state index in [9.17, 15) is 4.79 Å². The van der Waals surface area contributed by atoms with Crippen molar-refractivity contribution in [1.29, 1.82) is 0 Å². The van der Waals surface area contributed by atoms with Gasteiger partial charge >= 0.3 is 5.97 Å². The average Bonchev–Trinajstić information content (AvgIpc) is 2.47. The van der Waals surface area contributed by atoms with E-state index in [0.29, 0.717) is 23.8 Å². The van der Waals surface area contributed by atoms with Gasteiger partial charge in [0.05, 0.1) is 19.3 Å².